The third-order valence-electron chi connectivity index (χ3n) is 2.97. The number of benzene rings is 1. The van der Waals surface area contributed by atoms with Gasteiger partial charge in [0.05, 0.1) is 36.8 Å². The summed E-state index contributed by atoms with van der Waals surface area (Å²) < 4.78 is 10.3. The summed E-state index contributed by atoms with van der Waals surface area (Å²) in [7, 11) is 2.91. The molecule has 20 heavy (non-hydrogen) atoms. The number of hydrogen-bond acceptors (Lipinski definition) is 6. The molecule has 0 fully saturated rings. The third-order valence-corrected chi connectivity index (χ3v) is 3.67. The molecule has 6 nitrogen and oxygen atoms in total. The Labute approximate surface area is 119 Å². The molecule has 2 N–H and O–H groups in total. The molecule has 0 unspecified atom stereocenters. The van der Waals surface area contributed by atoms with Crippen LogP contribution in [0, 0.1) is 10.1 Å². The molecule has 106 valence electrons. The predicted octanol–water partition coefficient (Wildman–Crippen LogP) is 2.72. The molecule has 1 aromatic heterocycles. The molecule has 0 bridgehead atoms. The maximum Gasteiger partial charge on any atom is 0.278 e. The van der Waals surface area contributed by atoms with E-state index < -0.39 is 11.0 Å². The maximum atomic E-state index is 11.2. The van der Waals surface area contributed by atoms with Gasteiger partial charge >= 0.3 is 0 Å². The van der Waals surface area contributed by atoms with Gasteiger partial charge in [0.25, 0.3) is 5.69 Å². The van der Waals surface area contributed by atoms with Gasteiger partial charge in [0.15, 0.2) is 11.5 Å². The van der Waals surface area contributed by atoms with Gasteiger partial charge in [-0.25, -0.2) is 0 Å². The van der Waals surface area contributed by atoms with Crippen molar-refractivity contribution >= 4 is 17.0 Å². The first-order chi connectivity index (χ1) is 9.58. The number of ether oxygens (including phenoxy) is 2. The zero-order valence-corrected chi connectivity index (χ0v) is 11.8. The molecule has 0 saturated carbocycles. The Hall–Kier alpha value is -2.12. The van der Waals surface area contributed by atoms with Crippen LogP contribution in [0.15, 0.2) is 29.0 Å². The van der Waals surface area contributed by atoms with E-state index in [4.69, 9.17) is 15.2 Å². The summed E-state index contributed by atoms with van der Waals surface area (Å²) in [5.74, 6) is 0.722. The highest BCUT2D eigenvalue weighted by Gasteiger charge is 2.24. The fourth-order valence-electron chi connectivity index (χ4n) is 1.92. The molecule has 0 radical (unpaired) electrons. The summed E-state index contributed by atoms with van der Waals surface area (Å²) in [5, 5.41) is 15.0. The summed E-state index contributed by atoms with van der Waals surface area (Å²) in [4.78, 5) is 10.8. The van der Waals surface area contributed by atoms with E-state index in [1.807, 2.05) is 16.8 Å². The molecular weight excluding hydrogens is 280 g/mol. The standard InChI is InChI=1S/C13H14N2O4S/c1-18-11-5-9(13(14)8-3-4-20-7-8)10(15(16)17)6-12(11)19-2/h3-7,13H,14H2,1-2H3/t13-/m1/s1. The molecule has 1 heterocycles. The fraction of sp³-hybridized carbons (Fsp3) is 0.231. The van der Waals surface area contributed by atoms with Crippen molar-refractivity contribution in [1.82, 2.24) is 0 Å². The predicted molar refractivity (Wildman–Crippen MR) is 76.5 cm³/mol. The summed E-state index contributed by atoms with van der Waals surface area (Å²) in [6.07, 6.45) is 0. The monoisotopic (exact) mass is 294 g/mol. The highest BCUT2D eigenvalue weighted by molar-refractivity contribution is 7.08. The van der Waals surface area contributed by atoms with Gasteiger partial charge < -0.3 is 15.2 Å². The molecule has 0 aliphatic rings. The first-order valence-corrected chi connectivity index (χ1v) is 6.70. The van der Waals surface area contributed by atoms with Gasteiger partial charge in [0.2, 0.25) is 0 Å². The molecule has 0 aliphatic carbocycles. The minimum Gasteiger partial charge on any atom is -0.493 e. The third kappa shape index (κ3) is 2.59. The van der Waals surface area contributed by atoms with E-state index >= 15 is 0 Å². The molecule has 0 aliphatic heterocycles. The van der Waals surface area contributed by atoms with E-state index in [-0.39, 0.29) is 5.69 Å². The summed E-state index contributed by atoms with van der Waals surface area (Å²) in [5.41, 5.74) is 7.26. The number of methoxy groups -OCH3 is 2. The lowest BCUT2D eigenvalue weighted by Gasteiger charge is -2.14. The Kier molecular flexibility index (Phi) is 4.21. The van der Waals surface area contributed by atoms with Crippen molar-refractivity contribution < 1.29 is 14.4 Å². The van der Waals surface area contributed by atoms with Crippen molar-refractivity contribution in [3.63, 3.8) is 0 Å². The van der Waals surface area contributed by atoms with Crippen LogP contribution in [0.25, 0.3) is 0 Å². The van der Waals surface area contributed by atoms with Crippen LogP contribution in [0.4, 0.5) is 5.69 Å². The lowest BCUT2D eigenvalue weighted by molar-refractivity contribution is -0.385. The molecule has 1 aromatic carbocycles. The largest absolute Gasteiger partial charge is 0.493 e. The second-order valence-corrected chi connectivity index (χ2v) is 4.84. The highest BCUT2D eigenvalue weighted by Crippen LogP contribution is 2.38. The number of hydrogen-bond donors (Lipinski definition) is 1. The molecule has 2 aromatic rings. The molecule has 0 spiro atoms. The van der Waals surface area contributed by atoms with Crippen LogP contribution >= 0.6 is 11.3 Å². The zero-order valence-electron chi connectivity index (χ0n) is 11.0. The van der Waals surface area contributed by atoms with E-state index in [9.17, 15) is 10.1 Å². The molecule has 0 amide bonds. The second kappa shape index (κ2) is 5.89. The summed E-state index contributed by atoms with van der Waals surface area (Å²) in [6.45, 7) is 0. The quantitative estimate of drug-likeness (QED) is 0.676. The molecule has 7 heteroatoms. The average Bonchev–Trinajstić information content (AvgIpc) is 2.98. The molecule has 0 saturated heterocycles. The van der Waals surface area contributed by atoms with Crippen LogP contribution in [-0.4, -0.2) is 19.1 Å². The van der Waals surface area contributed by atoms with E-state index in [0.717, 1.165) is 5.56 Å². The Morgan fingerprint density at radius 2 is 1.95 bits per heavy atom. The van der Waals surface area contributed by atoms with Crippen LogP contribution in [0.3, 0.4) is 0 Å². The lowest BCUT2D eigenvalue weighted by atomic mass is 9.99. The Bertz CT molecular complexity index is 613. The minimum absolute atomic E-state index is 0.0821. The van der Waals surface area contributed by atoms with Gasteiger partial charge in [0, 0.05) is 0 Å². The fourth-order valence-corrected chi connectivity index (χ4v) is 2.62. The number of nitro benzene ring substituents is 1. The van der Waals surface area contributed by atoms with Crippen LogP contribution in [-0.2, 0) is 0 Å². The SMILES string of the molecule is COc1cc([C@H](N)c2ccsc2)c([N+](=O)[O-])cc1OC. The van der Waals surface area contributed by atoms with E-state index in [2.05, 4.69) is 0 Å². The molecule has 2 rings (SSSR count). The van der Waals surface area contributed by atoms with Crippen molar-refractivity contribution in [2.24, 2.45) is 5.73 Å². The summed E-state index contributed by atoms with van der Waals surface area (Å²) >= 11 is 1.49. The maximum absolute atomic E-state index is 11.2. The summed E-state index contributed by atoms with van der Waals surface area (Å²) in [6, 6.07) is 4.15. The van der Waals surface area contributed by atoms with Crippen molar-refractivity contribution in [3.05, 3.63) is 50.2 Å². The Morgan fingerprint density at radius 1 is 1.30 bits per heavy atom. The topological polar surface area (TPSA) is 87.6 Å². The van der Waals surface area contributed by atoms with E-state index in [1.165, 1.54) is 31.6 Å². The van der Waals surface area contributed by atoms with E-state index in [0.29, 0.717) is 17.1 Å². The van der Waals surface area contributed by atoms with Gasteiger partial charge in [-0.05, 0) is 28.5 Å². The van der Waals surface area contributed by atoms with Crippen molar-refractivity contribution in [2.45, 2.75) is 6.04 Å². The zero-order chi connectivity index (χ0) is 14.7. The number of thiophene rings is 1. The van der Waals surface area contributed by atoms with Gasteiger partial charge in [-0.3, -0.25) is 10.1 Å². The van der Waals surface area contributed by atoms with E-state index in [1.54, 1.807) is 6.07 Å². The number of nitrogens with two attached hydrogens (primary N) is 1. The second-order valence-electron chi connectivity index (χ2n) is 4.06. The number of nitro groups is 1. The normalized spacial score (nSPS) is 11.9. The Morgan fingerprint density at radius 3 is 2.45 bits per heavy atom. The van der Waals surface area contributed by atoms with Gasteiger partial charge in [0.1, 0.15) is 0 Å². The molecular formula is C13H14N2O4S. The van der Waals surface area contributed by atoms with Crippen molar-refractivity contribution in [2.75, 3.05) is 14.2 Å². The highest BCUT2D eigenvalue weighted by atomic mass is 32.1. The first kappa shape index (κ1) is 14.3. The number of nitrogens with zero attached hydrogens (tertiary/aromatic N) is 1. The van der Waals surface area contributed by atoms with Gasteiger partial charge in [-0.2, -0.15) is 11.3 Å². The van der Waals surface area contributed by atoms with Crippen LogP contribution in [0.1, 0.15) is 17.2 Å². The van der Waals surface area contributed by atoms with Gasteiger partial charge in [-0.15, -0.1) is 0 Å². The van der Waals surface area contributed by atoms with Crippen LogP contribution in [0.5, 0.6) is 11.5 Å². The number of rotatable bonds is 5. The van der Waals surface area contributed by atoms with Gasteiger partial charge in [-0.1, -0.05) is 0 Å². The van der Waals surface area contributed by atoms with Crippen molar-refractivity contribution in [1.29, 1.82) is 0 Å². The molecule has 1 atom stereocenters. The smallest absolute Gasteiger partial charge is 0.278 e. The van der Waals surface area contributed by atoms with Crippen molar-refractivity contribution in [3.8, 4) is 11.5 Å². The Balaban J connectivity index is 2.58. The average molecular weight is 294 g/mol. The minimum atomic E-state index is -0.582. The first-order valence-electron chi connectivity index (χ1n) is 5.76. The lowest BCUT2D eigenvalue weighted by Crippen LogP contribution is -2.13. The van der Waals surface area contributed by atoms with Crippen LogP contribution in [0.2, 0.25) is 0 Å². The van der Waals surface area contributed by atoms with Crippen LogP contribution < -0.4 is 15.2 Å².